The van der Waals surface area contributed by atoms with Crippen LogP contribution in [0.15, 0.2) is 195 Å². The number of rotatable bonds is 8. The molecule has 0 bridgehead atoms. The van der Waals surface area contributed by atoms with Crippen molar-refractivity contribution in [3.8, 4) is 11.1 Å². The van der Waals surface area contributed by atoms with Crippen LogP contribution in [0.4, 0.5) is 11.4 Å². The Kier molecular flexibility index (Phi) is 9.69. The van der Waals surface area contributed by atoms with Crippen molar-refractivity contribution >= 4 is 50.5 Å². The van der Waals surface area contributed by atoms with Crippen LogP contribution in [0.3, 0.4) is 0 Å². The molecule has 1 aliphatic rings. The topological polar surface area (TPSA) is 3.24 Å². The molecule has 1 aromatic heterocycles. The molecule has 2 heteroatoms. The molecule has 1 heterocycles. The number of allylic oxidation sites excluding steroid dienone is 5. The molecule has 0 N–H and O–H groups in total. The van der Waals surface area contributed by atoms with Crippen molar-refractivity contribution in [1.29, 1.82) is 0 Å². The summed E-state index contributed by atoms with van der Waals surface area (Å²) in [6, 6.07) is 55.2. The van der Waals surface area contributed by atoms with Crippen molar-refractivity contribution < 1.29 is 0 Å². The third kappa shape index (κ3) is 6.29. The average Bonchev–Trinajstić information content (AvgIpc) is 3.60. The summed E-state index contributed by atoms with van der Waals surface area (Å²) in [5.74, 6) is 0. The van der Waals surface area contributed by atoms with E-state index in [-0.39, 0.29) is 0 Å². The molecule has 1 aliphatic carbocycles. The van der Waals surface area contributed by atoms with Crippen molar-refractivity contribution in [1.82, 2.24) is 0 Å². The Morgan fingerprint density at radius 2 is 1.33 bits per heavy atom. The van der Waals surface area contributed by atoms with E-state index in [0.29, 0.717) is 0 Å². The minimum absolute atomic E-state index is 0.470. The van der Waals surface area contributed by atoms with Gasteiger partial charge in [0.05, 0.1) is 0 Å². The zero-order valence-electron chi connectivity index (χ0n) is 30.9. The fourth-order valence-corrected chi connectivity index (χ4v) is 9.25. The average molecular weight is 714 g/mol. The monoisotopic (exact) mass is 713 g/mol. The highest BCUT2D eigenvalue weighted by molar-refractivity contribution is 7.20. The summed E-state index contributed by atoms with van der Waals surface area (Å²) in [6.45, 7) is 13.0. The van der Waals surface area contributed by atoms with Crippen LogP contribution >= 0.6 is 11.3 Å². The quantitative estimate of drug-likeness (QED) is 0.152. The Balaban J connectivity index is 1.36. The number of anilines is 2. The van der Waals surface area contributed by atoms with Crippen LogP contribution in [-0.4, -0.2) is 0 Å². The highest BCUT2D eigenvalue weighted by Crippen LogP contribution is 2.47. The van der Waals surface area contributed by atoms with Gasteiger partial charge in [0.15, 0.2) is 0 Å². The van der Waals surface area contributed by atoms with Crippen molar-refractivity contribution in [2.45, 2.75) is 25.7 Å². The molecule has 0 saturated heterocycles. The second-order valence-electron chi connectivity index (χ2n) is 13.9. The number of thiophene rings is 1. The molecule has 1 nitrogen and oxygen atoms in total. The molecule has 0 unspecified atom stereocenters. The largest absolute Gasteiger partial charge is 0.311 e. The third-order valence-corrected chi connectivity index (χ3v) is 11.8. The number of nitrogens with zero attached hydrogens (tertiary/aromatic N) is 1. The maximum Gasteiger partial charge on any atom is 0.0492 e. The Hall–Kier alpha value is -6.22. The minimum atomic E-state index is -0.470. The predicted molar refractivity (Wildman–Crippen MR) is 235 cm³/mol. The van der Waals surface area contributed by atoms with Crippen LogP contribution < -0.4 is 4.90 Å². The molecule has 0 amide bonds. The third-order valence-electron chi connectivity index (χ3n) is 10.6. The molecule has 7 aromatic rings. The lowest BCUT2D eigenvalue weighted by Crippen LogP contribution is -2.30. The Morgan fingerprint density at radius 3 is 2.04 bits per heavy atom. The van der Waals surface area contributed by atoms with Crippen LogP contribution in [0.25, 0.3) is 38.9 Å². The van der Waals surface area contributed by atoms with E-state index >= 15 is 0 Å². The molecule has 0 aliphatic heterocycles. The van der Waals surface area contributed by atoms with E-state index in [1.165, 1.54) is 53.9 Å². The van der Waals surface area contributed by atoms with Gasteiger partial charge in [-0.3, -0.25) is 0 Å². The first-order valence-corrected chi connectivity index (χ1v) is 19.4. The number of aryl methyl sites for hydroxylation is 1. The minimum Gasteiger partial charge on any atom is -0.311 e. The molecule has 0 fully saturated rings. The van der Waals surface area contributed by atoms with Crippen molar-refractivity contribution in [3.63, 3.8) is 0 Å². The van der Waals surface area contributed by atoms with E-state index in [2.05, 4.69) is 214 Å². The van der Waals surface area contributed by atoms with E-state index in [1.54, 1.807) is 0 Å². The van der Waals surface area contributed by atoms with E-state index in [4.69, 9.17) is 0 Å². The van der Waals surface area contributed by atoms with E-state index in [0.717, 1.165) is 34.6 Å². The summed E-state index contributed by atoms with van der Waals surface area (Å²) in [7, 11) is 0. The van der Waals surface area contributed by atoms with Gasteiger partial charge in [-0.15, -0.1) is 11.3 Å². The van der Waals surface area contributed by atoms with Crippen molar-refractivity contribution in [2.75, 3.05) is 4.90 Å². The molecule has 54 heavy (non-hydrogen) atoms. The first-order chi connectivity index (χ1) is 26.5. The zero-order valence-corrected chi connectivity index (χ0v) is 31.7. The van der Waals surface area contributed by atoms with Gasteiger partial charge in [-0.2, -0.15) is 0 Å². The van der Waals surface area contributed by atoms with Crippen LogP contribution in [-0.2, 0) is 5.41 Å². The van der Waals surface area contributed by atoms with Gasteiger partial charge in [-0.25, -0.2) is 0 Å². The van der Waals surface area contributed by atoms with Crippen LogP contribution in [0.5, 0.6) is 0 Å². The van der Waals surface area contributed by atoms with Crippen LogP contribution in [0.2, 0.25) is 0 Å². The second kappa shape index (κ2) is 15.0. The van der Waals surface area contributed by atoms with Crippen molar-refractivity contribution in [2.24, 2.45) is 0 Å². The fraction of sp³-hybridized carbons (Fsp3) is 0.0769. The summed E-state index contributed by atoms with van der Waals surface area (Å²) in [6.07, 6.45) is 13.9. The molecule has 0 saturated carbocycles. The van der Waals surface area contributed by atoms with Gasteiger partial charge < -0.3 is 4.90 Å². The predicted octanol–water partition coefficient (Wildman–Crippen LogP) is 14.6. The van der Waals surface area contributed by atoms with Gasteiger partial charge in [0, 0.05) is 37.5 Å². The Labute approximate surface area is 323 Å². The van der Waals surface area contributed by atoms with Gasteiger partial charge >= 0.3 is 0 Å². The molecule has 6 aromatic carbocycles. The summed E-state index contributed by atoms with van der Waals surface area (Å²) < 4.78 is 1.27. The first kappa shape index (κ1) is 34.8. The van der Waals surface area contributed by atoms with Crippen LogP contribution in [0.1, 0.15) is 51.6 Å². The fourth-order valence-electron chi connectivity index (χ4n) is 8.07. The van der Waals surface area contributed by atoms with E-state index in [9.17, 15) is 0 Å². The molecule has 0 radical (unpaired) electrons. The van der Waals surface area contributed by atoms with E-state index < -0.39 is 5.41 Å². The summed E-state index contributed by atoms with van der Waals surface area (Å²) >= 11 is 1.81. The Morgan fingerprint density at radius 1 is 0.685 bits per heavy atom. The maximum absolute atomic E-state index is 4.67. The summed E-state index contributed by atoms with van der Waals surface area (Å²) in [5.41, 5.74) is 13.5. The lowest BCUT2D eigenvalue weighted by molar-refractivity contribution is 0.624. The number of benzene rings is 6. The van der Waals surface area contributed by atoms with Gasteiger partial charge in [-0.1, -0.05) is 171 Å². The summed E-state index contributed by atoms with van der Waals surface area (Å²) in [5, 5.41) is 1.25. The lowest BCUT2D eigenvalue weighted by Gasteiger charge is -2.37. The maximum atomic E-state index is 4.67. The molecule has 8 rings (SSSR count). The normalized spacial score (nSPS) is 15.4. The molecule has 0 spiro atoms. The first-order valence-electron chi connectivity index (χ1n) is 18.6. The molecular formula is C52H43NS. The highest BCUT2D eigenvalue weighted by Gasteiger charge is 2.38. The van der Waals surface area contributed by atoms with Crippen molar-refractivity contribution in [3.05, 3.63) is 233 Å². The Bertz CT molecular complexity index is 2540. The SMILES string of the molecule is C=Cc1sc2c(-c3cccc(N(C4=C/CC(c5ccccc5)(c5ccccc5)c5ccccc5C(=C)/C=C\4)c4cccc(C)c4)c3)cccc2c1/C=C\C. The smallest absolute Gasteiger partial charge is 0.0492 e. The summed E-state index contributed by atoms with van der Waals surface area (Å²) in [4.78, 5) is 3.60. The molecule has 262 valence electrons. The highest BCUT2D eigenvalue weighted by atomic mass is 32.1. The van der Waals surface area contributed by atoms with Gasteiger partial charge in [-0.05, 0) is 101 Å². The molecule has 0 atom stereocenters. The van der Waals surface area contributed by atoms with Crippen LogP contribution in [0, 0.1) is 6.92 Å². The van der Waals surface area contributed by atoms with E-state index in [1.807, 2.05) is 17.4 Å². The number of fused-ring (bicyclic) bond motifs is 2. The second-order valence-corrected chi connectivity index (χ2v) is 14.9. The molecular weight excluding hydrogens is 671 g/mol. The lowest BCUT2D eigenvalue weighted by atomic mass is 9.65. The van der Waals surface area contributed by atoms with Gasteiger partial charge in [0.1, 0.15) is 0 Å². The zero-order chi connectivity index (χ0) is 37.1. The van der Waals surface area contributed by atoms with Gasteiger partial charge in [0.2, 0.25) is 0 Å². The van der Waals surface area contributed by atoms with Gasteiger partial charge in [0.25, 0.3) is 0 Å². The number of hydrogen-bond acceptors (Lipinski definition) is 2. The number of hydrogen-bond donors (Lipinski definition) is 0. The standard InChI is InChI=1S/C52H43NS/c1-5-18-47-48-29-17-28-46(51(48)54-50(47)6-2)39-20-16-26-44(36-39)53(43-25-15-19-37(3)35-43)42-32-31-38(4)45-27-13-14-30-49(45)52(34-33-42,40-21-9-7-10-22-40)41-23-11-8-12-24-41/h5-33,35-36H,2,4,34H2,1,3H3/b18-5-,32-31-,42-33+.